The van der Waals surface area contributed by atoms with Crippen LogP contribution in [0.2, 0.25) is 0 Å². The van der Waals surface area contributed by atoms with Crippen LogP contribution in [0.25, 0.3) is 16.7 Å². The molecular formula is C18H18. The molecule has 90 valence electrons. The molecule has 3 rings (SSSR count). The van der Waals surface area contributed by atoms with Crippen LogP contribution < -0.4 is 0 Å². The average molecular weight is 234 g/mol. The van der Waals surface area contributed by atoms with Crippen molar-refractivity contribution in [1.29, 1.82) is 0 Å². The Bertz CT molecular complexity index is 549. The monoisotopic (exact) mass is 234 g/mol. The zero-order valence-electron chi connectivity index (χ0n) is 10.6. The van der Waals surface area contributed by atoms with Gasteiger partial charge in [0.25, 0.3) is 0 Å². The molecule has 2 aromatic rings. The van der Waals surface area contributed by atoms with E-state index in [0.29, 0.717) is 0 Å². The van der Waals surface area contributed by atoms with Gasteiger partial charge in [-0.2, -0.15) is 0 Å². The van der Waals surface area contributed by atoms with E-state index >= 15 is 0 Å². The van der Waals surface area contributed by atoms with Gasteiger partial charge in [0.1, 0.15) is 0 Å². The molecule has 0 spiro atoms. The Labute approximate surface area is 109 Å². The quantitative estimate of drug-likeness (QED) is 0.660. The smallest absolute Gasteiger partial charge is 0.0109 e. The second-order valence-corrected chi connectivity index (χ2v) is 4.89. The van der Waals surface area contributed by atoms with Crippen molar-refractivity contribution in [3.8, 4) is 11.1 Å². The first kappa shape index (κ1) is 11.3. The molecule has 0 saturated heterocycles. The molecule has 0 atom stereocenters. The molecule has 0 aromatic heterocycles. The van der Waals surface area contributed by atoms with Crippen LogP contribution >= 0.6 is 0 Å². The van der Waals surface area contributed by atoms with Crippen molar-refractivity contribution >= 4 is 5.57 Å². The second-order valence-electron chi connectivity index (χ2n) is 4.89. The van der Waals surface area contributed by atoms with Crippen LogP contribution in [-0.4, -0.2) is 0 Å². The highest BCUT2D eigenvalue weighted by Gasteiger charge is 2.10. The minimum atomic E-state index is 1.23. The number of benzene rings is 2. The SMILES string of the molecule is C1=C(c2ccccc2-c2ccccc2)CCCC1. The largest absolute Gasteiger partial charge is 0.0807 e. The number of rotatable bonds is 2. The summed E-state index contributed by atoms with van der Waals surface area (Å²) in [7, 11) is 0. The molecule has 1 aliphatic carbocycles. The van der Waals surface area contributed by atoms with Gasteiger partial charge in [0.2, 0.25) is 0 Å². The summed E-state index contributed by atoms with van der Waals surface area (Å²) < 4.78 is 0. The third-order valence-electron chi connectivity index (χ3n) is 3.65. The molecule has 0 nitrogen and oxygen atoms in total. The number of hydrogen-bond acceptors (Lipinski definition) is 0. The van der Waals surface area contributed by atoms with Gasteiger partial charge in [0, 0.05) is 0 Å². The Morgan fingerprint density at radius 1 is 0.667 bits per heavy atom. The van der Waals surface area contributed by atoms with Crippen molar-refractivity contribution < 1.29 is 0 Å². The summed E-state index contributed by atoms with van der Waals surface area (Å²) in [5.74, 6) is 0. The van der Waals surface area contributed by atoms with E-state index in [0.717, 1.165) is 0 Å². The van der Waals surface area contributed by atoms with Crippen LogP contribution in [0.3, 0.4) is 0 Å². The first-order valence-electron chi connectivity index (χ1n) is 6.79. The zero-order chi connectivity index (χ0) is 12.2. The fourth-order valence-corrected chi connectivity index (χ4v) is 2.72. The first-order valence-corrected chi connectivity index (χ1v) is 6.79. The summed E-state index contributed by atoms with van der Waals surface area (Å²) in [5.41, 5.74) is 5.63. The molecule has 1 aliphatic rings. The summed E-state index contributed by atoms with van der Waals surface area (Å²) in [6, 6.07) is 19.5. The molecule has 0 radical (unpaired) electrons. The van der Waals surface area contributed by atoms with Gasteiger partial charge in [-0.25, -0.2) is 0 Å². The van der Waals surface area contributed by atoms with Gasteiger partial charge in [-0.05, 0) is 47.9 Å². The van der Waals surface area contributed by atoms with Crippen molar-refractivity contribution in [3.05, 3.63) is 66.2 Å². The Hall–Kier alpha value is -1.82. The molecule has 0 heteroatoms. The molecule has 2 aromatic carbocycles. The Balaban J connectivity index is 2.08. The average Bonchev–Trinajstić information content (AvgIpc) is 2.49. The minimum Gasteiger partial charge on any atom is -0.0807 e. The topological polar surface area (TPSA) is 0 Å². The Morgan fingerprint density at radius 3 is 2.11 bits per heavy atom. The first-order chi connectivity index (χ1) is 8.95. The van der Waals surface area contributed by atoms with Crippen molar-refractivity contribution in [3.63, 3.8) is 0 Å². The molecule has 0 saturated carbocycles. The molecule has 0 unspecified atom stereocenters. The zero-order valence-corrected chi connectivity index (χ0v) is 10.6. The Kier molecular flexibility index (Phi) is 3.27. The molecule has 18 heavy (non-hydrogen) atoms. The maximum absolute atomic E-state index is 2.42. The highest BCUT2D eigenvalue weighted by molar-refractivity contribution is 5.81. The molecule has 0 bridgehead atoms. The van der Waals surface area contributed by atoms with Gasteiger partial charge in [-0.15, -0.1) is 0 Å². The van der Waals surface area contributed by atoms with E-state index in [2.05, 4.69) is 60.7 Å². The van der Waals surface area contributed by atoms with E-state index in [1.165, 1.54) is 47.9 Å². The summed E-state index contributed by atoms with van der Waals surface area (Å²) in [4.78, 5) is 0. The van der Waals surface area contributed by atoms with Gasteiger partial charge in [-0.1, -0.05) is 60.7 Å². The summed E-state index contributed by atoms with van der Waals surface area (Å²) >= 11 is 0. The molecule has 0 N–H and O–H groups in total. The fourth-order valence-electron chi connectivity index (χ4n) is 2.72. The third-order valence-corrected chi connectivity index (χ3v) is 3.65. The highest BCUT2D eigenvalue weighted by atomic mass is 14.2. The Morgan fingerprint density at radius 2 is 1.39 bits per heavy atom. The minimum absolute atomic E-state index is 1.23. The van der Waals surface area contributed by atoms with Gasteiger partial charge in [0.05, 0.1) is 0 Å². The van der Waals surface area contributed by atoms with Crippen molar-refractivity contribution in [2.45, 2.75) is 25.7 Å². The van der Waals surface area contributed by atoms with Crippen LogP contribution in [0.15, 0.2) is 60.7 Å². The molecule has 0 amide bonds. The second kappa shape index (κ2) is 5.22. The summed E-state index contributed by atoms with van der Waals surface area (Å²) in [6.07, 6.45) is 7.56. The standard InChI is InChI=1S/C18H18/c1-3-9-15(10-4-1)17-13-7-8-14-18(17)16-11-5-2-6-12-16/h1,3-4,7-11,13-14H,2,5-6,12H2. The number of hydrogen-bond donors (Lipinski definition) is 0. The van der Waals surface area contributed by atoms with Crippen LogP contribution in [0.5, 0.6) is 0 Å². The molecular weight excluding hydrogens is 216 g/mol. The van der Waals surface area contributed by atoms with Crippen LogP contribution in [0.4, 0.5) is 0 Å². The van der Waals surface area contributed by atoms with Crippen molar-refractivity contribution in [1.82, 2.24) is 0 Å². The summed E-state index contributed by atoms with van der Waals surface area (Å²) in [6.45, 7) is 0. The van der Waals surface area contributed by atoms with Gasteiger partial charge in [-0.3, -0.25) is 0 Å². The van der Waals surface area contributed by atoms with Gasteiger partial charge < -0.3 is 0 Å². The predicted molar refractivity (Wildman–Crippen MR) is 78.3 cm³/mol. The van der Waals surface area contributed by atoms with E-state index in [1.54, 1.807) is 0 Å². The maximum atomic E-state index is 2.42. The highest BCUT2D eigenvalue weighted by Crippen LogP contribution is 2.33. The van der Waals surface area contributed by atoms with E-state index in [1.807, 2.05) is 0 Å². The molecule has 0 fully saturated rings. The van der Waals surface area contributed by atoms with Crippen LogP contribution in [0, 0.1) is 0 Å². The number of allylic oxidation sites excluding steroid dienone is 2. The third kappa shape index (κ3) is 2.24. The lowest BCUT2D eigenvalue weighted by Crippen LogP contribution is -1.94. The van der Waals surface area contributed by atoms with E-state index in [4.69, 9.17) is 0 Å². The fraction of sp³-hybridized carbons (Fsp3) is 0.222. The maximum Gasteiger partial charge on any atom is -0.0109 e. The predicted octanol–water partition coefficient (Wildman–Crippen LogP) is 5.31. The van der Waals surface area contributed by atoms with Crippen molar-refractivity contribution in [2.75, 3.05) is 0 Å². The lowest BCUT2D eigenvalue weighted by Gasteiger charge is -2.16. The van der Waals surface area contributed by atoms with Crippen LogP contribution in [0.1, 0.15) is 31.2 Å². The van der Waals surface area contributed by atoms with Gasteiger partial charge >= 0.3 is 0 Å². The van der Waals surface area contributed by atoms with E-state index in [-0.39, 0.29) is 0 Å². The van der Waals surface area contributed by atoms with Gasteiger partial charge in [0.15, 0.2) is 0 Å². The summed E-state index contributed by atoms with van der Waals surface area (Å²) in [5, 5.41) is 0. The van der Waals surface area contributed by atoms with E-state index in [9.17, 15) is 0 Å². The van der Waals surface area contributed by atoms with E-state index < -0.39 is 0 Å². The normalized spacial score (nSPS) is 15.2. The van der Waals surface area contributed by atoms with Crippen molar-refractivity contribution in [2.24, 2.45) is 0 Å². The molecule has 0 heterocycles. The molecule has 0 aliphatic heterocycles. The van der Waals surface area contributed by atoms with Crippen LogP contribution in [-0.2, 0) is 0 Å². The lowest BCUT2D eigenvalue weighted by atomic mass is 9.88. The lowest BCUT2D eigenvalue weighted by molar-refractivity contribution is 0.742.